The number of hydrogen-bond acceptors (Lipinski definition) is 1. The monoisotopic (exact) mass is 250 g/mol. The minimum absolute atomic E-state index is 0.406. The Morgan fingerprint density at radius 1 is 1.06 bits per heavy atom. The van der Waals surface area contributed by atoms with Crippen molar-refractivity contribution in [2.75, 3.05) is 0 Å². The standard InChI is InChI=1S/C14H9F3O/c15-14(16,17)9-6-11-10-4-2-1-3-8(10)5-12(11)13(18)7-9/h1-4,6H,5,7H2. The molecule has 4 heteroatoms. The van der Waals surface area contributed by atoms with Gasteiger partial charge in [-0.05, 0) is 22.8 Å². The van der Waals surface area contributed by atoms with E-state index in [0.29, 0.717) is 17.6 Å². The van der Waals surface area contributed by atoms with Crippen molar-refractivity contribution in [2.45, 2.75) is 19.0 Å². The number of ketones is 1. The van der Waals surface area contributed by atoms with Gasteiger partial charge in [-0.1, -0.05) is 24.3 Å². The number of carbonyl (C=O) groups is 1. The van der Waals surface area contributed by atoms with Crippen LogP contribution in [0, 0.1) is 0 Å². The topological polar surface area (TPSA) is 17.1 Å². The van der Waals surface area contributed by atoms with Crippen molar-refractivity contribution >= 4 is 11.4 Å². The van der Waals surface area contributed by atoms with Crippen LogP contribution >= 0.6 is 0 Å². The maximum Gasteiger partial charge on any atom is 0.413 e. The highest BCUT2D eigenvalue weighted by atomic mass is 19.4. The Balaban J connectivity index is 2.14. The Morgan fingerprint density at radius 3 is 2.50 bits per heavy atom. The fraction of sp³-hybridized carbons (Fsp3) is 0.214. The van der Waals surface area contributed by atoms with Gasteiger partial charge in [-0.3, -0.25) is 4.79 Å². The molecule has 0 N–H and O–H groups in total. The number of rotatable bonds is 0. The average molecular weight is 250 g/mol. The molecule has 0 aliphatic heterocycles. The zero-order chi connectivity index (χ0) is 12.9. The number of Topliss-reactive ketones (excluding diaryl/α,β-unsaturated/α-hetero) is 1. The molecule has 0 amide bonds. The molecule has 0 aromatic heterocycles. The Morgan fingerprint density at radius 2 is 1.78 bits per heavy atom. The summed E-state index contributed by atoms with van der Waals surface area (Å²) in [6.45, 7) is 0. The highest BCUT2D eigenvalue weighted by molar-refractivity contribution is 6.10. The van der Waals surface area contributed by atoms with Crippen molar-refractivity contribution in [3.05, 3.63) is 52.6 Å². The molecule has 1 nitrogen and oxygen atoms in total. The summed E-state index contributed by atoms with van der Waals surface area (Å²) in [5.74, 6) is -0.406. The van der Waals surface area contributed by atoms with Gasteiger partial charge < -0.3 is 0 Å². The maximum absolute atomic E-state index is 12.7. The molecule has 1 aromatic rings. The SMILES string of the molecule is O=C1CC(C(F)(F)F)=CC2=C1Cc1ccccc12. The predicted octanol–water partition coefficient (Wildman–Crippen LogP) is 3.46. The van der Waals surface area contributed by atoms with Crippen molar-refractivity contribution in [2.24, 2.45) is 0 Å². The summed E-state index contributed by atoms with van der Waals surface area (Å²) in [4.78, 5) is 11.8. The molecular weight excluding hydrogens is 241 g/mol. The van der Waals surface area contributed by atoms with Crippen molar-refractivity contribution in [3.63, 3.8) is 0 Å². The minimum atomic E-state index is -4.42. The molecule has 2 aliphatic rings. The summed E-state index contributed by atoms with van der Waals surface area (Å²) in [5, 5.41) is 0. The summed E-state index contributed by atoms with van der Waals surface area (Å²) < 4.78 is 38.1. The molecular formula is C14H9F3O. The van der Waals surface area contributed by atoms with E-state index >= 15 is 0 Å². The Hall–Kier alpha value is -1.84. The molecule has 1 aromatic carbocycles. The number of alkyl halides is 3. The molecule has 0 radical (unpaired) electrons. The summed E-state index contributed by atoms with van der Waals surface area (Å²) in [6.07, 6.45) is -3.38. The van der Waals surface area contributed by atoms with Gasteiger partial charge in [-0.25, -0.2) is 0 Å². The number of hydrogen-bond donors (Lipinski definition) is 0. The zero-order valence-corrected chi connectivity index (χ0v) is 9.34. The van der Waals surface area contributed by atoms with E-state index in [2.05, 4.69) is 0 Å². The molecule has 0 bridgehead atoms. The lowest BCUT2D eigenvalue weighted by Gasteiger charge is -2.17. The van der Waals surface area contributed by atoms with Gasteiger partial charge in [0.1, 0.15) is 0 Å². The summed E-state index contributed by atoms with van der Waals surface area (Å²) in [6, 6.07) is 7.22. The van der Waals surface area contributed by atoms with Crippen LogP contribution in [-0.2, 0) is 11.2 Å². The molecule has 0 atom stereocenters. The molecule has 0 saturated heterocycles. The van der Waals surface area contributed by atoms with Crippen LogP contribution in [0.25, 0.3) is 5.57 Å². The molecule has 0 heterocycles. The first kappa shape index (κ1) is 11.3. The van der Waals surface area contributed by atoms with E-state index in [9.17, 15) is 18.0 Å². The van der Waals surface area contributed by atoms with E-state index in [-0.39, 0.29) is 0 Å². The quantitative estimate of drug-likeness (QED) is 0.689. The zero-order valence-electron chi connectivity index (χ0n) is 9.34. The van der Waals surface area contributed by atoms with Crippen molar-refractivity contribution in [1.29, 1.82) is 0 Å². The normalized spacial score (nSPS) is 18.6. The van der Waals surface area contributed by atoms with Gasteiger partial charge in [0.15, 0.2) is 5.78 Å². The number of halogens is 3. The molecule has 3 rings (SSSR count). The van der Waals surface area contributed by atoms with E-state index in [1.807, 2.05) is 12.1 Å². The van der Waals surface area contributed by atoms with E-state index in [1.165, 1.54) is 0 Å². The number of benzene rings is 1. The predicted molar refractivity (Wildman–Crippen MR) is 60.8 cm³/mol. The van der Waals surface area contributed by atoms with Gasteiger partial charge in [0.25, 0.3) is 0 Å². The maximum atomic E-state index is 12.7. The highest BCUT2D eigenvalue weighted by Gasteiger charge is 2.39. The summed E-state index contributed by atoms with van der Waals surface area (Å²) in [5.41, 5.74) is 1.90. The first-order chi connectivity index (χ1) is 8.47. The Labute approximate surface area is 102 Å². The van der Waals surface area contributed by atoms with E-state index in [4.69, 9.17) is 0 Å². The van der Waals surface area contributed by atoms with Gasteiger partial charge in [0.2, 0.25) is 0 Å². The number of fused-ring (bicyclic) bond motifs is 2. The summed E-state index contributed by atoms with van der Waals surface area (Å²) in [7, 11) is 0. The average Bonchev–Trinajstić information content (AvgIpc) is 2.67. The van der Waals surface area contributed by atoms with E-state index in [0.717, 1.165) is 17.2 Å². The highest BCUT2D eigenvalue weighted by Crippen LogP contribution is 2.42. The van der Waals surface area contributed by atoms with Crippen molar-refractivity contribution < 1.29 is 18.0 Å². The lowest BCUT2D eigenvalue weighted by atomic mass is 9.91. The van der Waals surface area contributed by atoms with Crippen LogP contribution in [0.4, 0.5) is 13.2 Å². The Bertz CT molecular complexity index is 606. The first-order valence-corrected chi connectivity index (χ1v) is 5.59. The second kappa shape index (κ2) is 3.57. The van der Waals surface area contributed by atoms with Gasteiger partial charge in [-0.15, -0.1) is 0 Å². The molecule has 0 spiro atoms. The van der Waals surface area contributed by atoms with Crippen LogP contribution in [0.15, 0.2) is 41.5 Å². The second-order valence-corrected chi connectivity index (χ2v) is 4.49. The smallest absolute Gasteiger partial charge is 0.294 e. The molecule has 18 heavy (non-hydrogen) atoms. The largest absolute Gasteiger partial charge is 0.413 e. The number of allylic oxidation sites excluding steroid dienone is 4. The third-order valence-electron chi connectivity index (χ3n) is 3.37. The lowest BCUT2D eigenvalue weighted by Crippen LogP contribution is -2.19. The summed E-state index contributed by atoms with van der Waals surface area (Å²) >= 11 is 0. The van der Waals surface area contributed by atoms with Crippen molar-refractivity contribution in [3.8, 4) is 0 Å². The Kier molecular flexibility index (Phi) is 2.24. The molecule has 0 saturated carbocycles. The van der Waals surface area contributed by atoms with Gasteiger partial charge in [0.05, 0.1) is 0 Å². The van der Waals surface area contributed by atoms with Crippen LogP contribution in [0.2, 0.25) is 0 Å². The third-order valence-corrected chi connectivity index (χ3v) is 3.37. The van der Waals surface area contributed by atoms with Crippen LogP contribution in [0.3, 0.4) is 0 Å². The third kappa shape index (κ3) is 1.60. The molecule has 0 fully saturated rings. The van der Waals surface area contributed by atoms with E-state index < -0.39 is 24.0 Å². The molecule has 92 valence electrons. The van der Waals surface area contributed by atoms with Crippen LogP contribution in [-0.4, -0.2) is 12.0 Å². The van der Waals surface area contributed by atoms with Gasteiger partial charge >= 0.3 is 6.18 Å². The van der Waals surface area contributed by atoms with E-state index in [1.54, 1.807) is 12.1 Å². The first-order valence-electron chi connectivity index (χ1n) is 5.59. The van der Waals surface area contributed by atoms with Crippen LogP contribution in [0.5, 0.6) is 0 Å². The second-order valence-electron chi connectivity index (χ2n) is 4.49. The van der Waals surface area contributed by atoms with Crippen LogP contribution < -0.4 is 0 Å². The number of carbonyl (C=O) groups excluding carboxylic acids is 1. The lowest BCUT2D eigenvalue weighted by molar-refractivity contribution is -0.120. The minimum Gasteiger partial charge on any atom is -0.294 e. The van der Waals surface area contributed by atoms with Crippen molar-refractivity contribution in [1.82, 2.24) is 0 Å². The van der Waals surface area contributed by atoms with Gasteiger partial charge in [0, 0.05) is 24.0 Å². The molecule has 0 unspecified atom stereocenters. The fourth-order valence-electron chi connectivity index (χ4n) is 2.49. The van der Waals surface area contributed by atoms with Crippen LogP contribution in [0.1, 0.15) is 17.5 Å². The molecule has 2 aliphatic carbocycles. The fourth-order valence-corrected chi connectivity index (χ4v) is 2.49. The van der Waals surface area contributed by atoms with Gasteiger partial charge in [-0.2, -0.15) is 13.2 Å².